The van der Waals surface area contributed by atoms with Crippen molar-refractivity contribution >= 4 is 6.41 Å². The number of nitrogens with one attached hydrogen (secondary N) is 1. The van der Waals surface area contributed by atoms with E-state index < -0.39 is 0 Å². The number of amides is 1. The van der Waals surface area contributed by atoms with Gasteiger partial charge in [0.2, 0.25) is 6.41 Å². The molecule has 0 saturated heterocycles. The molecule has 0 aliphatic heterocycles. The molecule has 0 spiro atoms. The van der Waals surface area contributed by atoms with Gasteiger partial charge in [0.25, 0.3) is 0 Å². The number of rotatable bonds is 7. The second kappa shape index (κ2) is 7.84. The van der Waals surface area contributed by atoms with Crippen molar-refractivity contribution in [2.75, 3.05) is 6.54 Å². The fraction of sp³-hybridized carbons (Fsp3) is 0.727. The number of carbonyl (C=O) groups excluding carboxylic acids is 1. The topological polar surface area (TPSA) is 29.1 Å². The highest BCUT2D eigenvalue weighted by Crippen LogP contribution is 2.10. The first kappa shape index (κ1) is 12.2. The lowest BCUT2D eigenvalue weighted by Crippen LogP contribution is -2.14. The van der Waals surface area contributed by atoms with Crippen LogP contribution in [0.5, 0.6) is 0 Å². The van der Waals surface area contributed by atoms with Crippen molar-refractivity contribution in [1.82, 2.24) is 5.32 Å². The SMILES string of the molecule is CC(C)=CCCC(C)CCNC=O. The maximum absolute atomic E-state index is 9.97. The Morgan fingerprint density at radius 1 is 1.38 bits per heavy atom. The van der Waals surface area contributed by atoms with Crippen LogP contribution in [0.2, 0.25) is 0 Å². The minimum absolute atomic E-state index is 0.697. The van der Waals surface area contributed by atoms with E-state index >= 15 is 0 Å². The lowest BCUT2D eigenvalue weighted by atomic mass is 10.0. The van der Waals surface area contributed by atoms with E-state index in [2.05, 4.69) is 32.2 Å². The zero-order valence-corrected chi connectivity index (χ0v) is 8.97. The van der Waals surface area contributed by atoms with Gasteiger partial charge >= 0.3 is 0 Å². The molecule has 0 aliphatic carbocycles. The fourth-order valence-electron chi connectivity index (χ4n) is 1.19. The van der Waals surface area contributed by atoms with E-state index in [4.69, 9.17) is 0 Å². The predicted octanol–water partition coefficient (Wildman–Crippen LogP) is 2.50. The van der Waals surface area contributed by atoms with Crippen molar-refractivity contribution in [3.05, 3.63) is 11.6 Å². The highest BCUT2D eigenvalue weighted by Gasteiger charge is 1.99. The molecule has 0 rings (SSSR count). The van der Waals surface area contributed by atoms with Gasteiger partial charge in [0.05, 0.1) is 0 Å². The maximum Gasteiger partial charge on any atom is 0.207 e. The molecule has 76 valence electrons. The molecule has 2 nitrogen and oxygen atoms in total. The maximum atomic E-state index is 9.97. The molecule has 1 atom stereocenters. The lowest BCUT2D eigenvalue weighted by molar-refractivity contribution is -0.109. The van der Waals surface area contributed by atoms with Crippen LogP contribution < -0.4 is 5.32 Å². The average Bonchev–Trinajstić information content (AvgIpc) is 2.04. The molecule has 1 N–H and O–H groups in total. The molecule has 0 aromatic rings. The standard InChI is InChI=1S/C11H21NO/c1-10(2)5-4-6-11(3)7-8-12-9-13/h5,9,11H,4,6-8H2,1-3H3,(H,12,13). The summed E-state index contributed by atoms with van der Waals surface area (Å²) in [5.41, 5.74) is 1.39. The van der Waals surface area contributed by atoms with E-state index in [1.54, 1.807) is 0 Å². The van der Waals surface area contributed by atoms with Crippen molar-refractivity contribution in [2.45, 2.75) is 40.0 Å². The van der Waals surface area contributed by atoms with Gasteiger partial charge in [-0.05, 0) is 39.0 Å². The zero-order chi connectivity index (χ0) is 10.1. The van der Waals surface area contributed by atoms with Gasteiger partial charge in [0.1, 0.15) is 0 Å². The molecule has 0 aromatic carbocycles. The van der Waals surface area contributed by atoms with E-state index in [1.165, 1.54) is 12.0 Å². The van der Waals surface area contributed by atoms with E-state index in [9.17, 15) is 4.79 Å². The Kier molecular flexibility index (Phi) is 7.36. The third-order valence-electron chi connectivity index (χ3n) is 2.08. The minimum Gasteiger partial charge on any atom is -0.359 e. The molecule has 0 aliphatic rings. The first-order valence-electron chi connectivity index (χ1n) is 4.97. The summed E-state index contributed by atoms with van der Waals surface area (Å²) < 4.78 is 0. The molecule has 13 heavy (non-hydrogen) atoms. The number of allylic oxidation sites excluding steroid dienone is 2. The van der Waals surface area contributed by atoms with Crippen LogP contribution in [0.4, 0.5) is 0 Å². The largest absolute Gasteiger partial charge is 0.359 e. The Morgan fingerprint density at radius 2 is 2.08 bits per heavy atom. The van der Waals surface area contributed by atoms with Gasteiger partial charge in [-0.15, -0.1) is 0 Å². The molecule has 0 radical (unpaired) electrons. The van der Waals surface area contributed by atoms with Crippen molar-refractivity contribution in [2.24, 2.45) is 5.92 Å². The van der Waals surface area contributed by atoms with Crippen molar-refractivity contribution < 1.29 is 4.79 Å². The summed E-state index contributed by atoms with van der Waals surface area (Å²) >= 11 is 0. The predicted molar refractivity (Wildman–Crippen MR) is 56.5 cm³/mol. The van der Waals surface area contributed by atoms with E-state index in [0.717, 1.165) is 25.8 Å². The Morgan fingerprint density at radius 3 is 2.62 bits per heavy atom. The summed E-state index contributed by atoms with van der Waals surface area (Å²) in [6.07, 6.45) is 6.48. The number of carbonyl (C=O) groups is 1. The monoisotopic (exact) mass is 183 g/mol. The minimum atomic E-state index is 0.697. The third-order valence-corrected chi connectivity index (χ3v) is 2.08. The zero-order valence-electron chi connectivity index (χ0n) is 8.97. The third kappa shape index (κ3) is 9.12. The van der Waals surface area contributed by atoms with Gasteiger partial charge in [-0.3, -0.25) is 4.79 Å². The molecule has 0 aromatic heterocycles. The van der Waals surface area contributed by atoms with Crippen LogP contribution in [-0.4, -0.2) is 13.0 Å². The Labute approximate surface area is 81.4 Å². The van der Waals surface area contributed by atoms with Crippen LogP contribution in [0.15, 0.2) is 11.6 Å². The summed E-state index contributed by atoms with van der Waals surface area (Å²) in [5, 5.41) is 2.68. The lowest BCUT2D eigenvalue weighted by Gasteiger charge is -2.08. The van der Waals surface area contributed by atoms with Crippen LogP contribution in [0.25, 0.3) is 0 Å². The fourth-order valence-corrected chi connectivity index (χ4v) is 1.19. The number of hydrogen-bond acceptors (Lipinski definition) is 1. The summed E-state index contributed by atoms with van der Waals surface area (Å²) in [4.78, 5) is 9.97. The molecule has 0 fully saturated rings. The van der Waals surface area contributed by atoms with Crippen LogP contribution in [0, 0.1) is 5.92 Å². The van der Waals surface area contributed by atoms with Gasteiger partial charge in [-0.2, -0.15) is 0 Å². The molecule has 0 heterocycles. The second-order valence-electron chi connectivity index (χ2n) is 3.82. The number of hydrogen-bond donors (Lipinski definition) is 1. The van der Waals surface area contributed by atoms with Gasteiger partial charge in [0.15, 0.2) is 0 Å². The van der Waals surface area contributed by atoms with Gasteiger partial charge in [-0.25, -0.2) is 0 Å². The van der Waals surface area contributed by atoms with Crippen molar-refractivity contribution in [1.29, 1.82) is 0 Å². The summed E-state index contributed by atoms with van der Waals surface area (Å²) in [6.45, 7) is 7.28. The molecule has 2 heteroatoms. The average molecular weight is 183 g/mol. The van der Waals surface area contributed by atoms with Crippen LogP contribution >= 0.6 is 0 Å². The Hall–Kier alpha value is -0.790. The van der Waals surface area contributed by atoms with E-state index in [1.807, 2.05) is 0 Å². The van der Waals surface area contributed by atoms with Crippen LogP contribution in [0.3, 0.4) is 0 Å². The molecule has 1 amide bonds. The molecular weight excluding hydrogens is 162 g/mol. The summed E-state index contributed by atoms with van der Waals surface area (Å²) in [5.74, 6) is 0.697. The highest BCUT2D eigenvalue weighted by atomic mass is 16.1. The highest BCUT2D eigenvalue weighted by molar-refractivity contribution is 5.45. The summed E-state index contributed by atoms with van der Waals surface area (Å²) in [7, 11) is 0. The molecular formula is C11H21NO. The normalized spacial score (nSPS) is 11.9. The smallest absolute Gasteiger partial charge is 0.207 e. The van der Waals surface area contributed by atoms with Gasteiger partial charge in [0, 0.05) is 6.54 Å². The first-order valence-corrected chi connectivity index (χ1v) is 4.97. The Bertz CT molecular complexity index is 159. The van der Waals surface area contributed by atoms with E-state index in [0.29, 0.717) is 5.92 Å². The second-order valence-corrected chi connectivity index (χ2v) is 3.82. The Balaban J connectivity index is 3.34. The van der Waals surface area contributed by atoms with Crippen LogP contribution in [-0.2, 0) is 4.79 Å². The molecule has 0 saturated carbocycles. The molecule has 0 bridgehead atoms. The first-order chi connectivity index (χ1) is 6.16. The summed E-state index contributed by atoms with van der Waals surface area (Å²) in [6, 6.07) is 0. The van der Waals surface area contributed by atoms with E-state index in [-0.39, 0.29) is 0 Å². The van der Waals surface area contributed by atoms with Crippen molar-refractivity contribution in [3.63, 3.8) is 0 Å². The quantitative estimate of drug-likeness (QED) is 0.367. The van der Waals surface area contributed by atoms with Gasteiger partial charge in [-0.1, -0.05) is 18.6 Å². The molecule has 1 unspecified atom stereocenters. The van der Waals surface area contributed by atoms with Crippen LogP contribution in [0.1, 0.15) is 40.0 Å². The van der Waals surface area contributed by atoms with Gasteiger partial charge < -0.3 is 5.32 Å². The van der Waals surface area contributed by atoms with Crippen molar-refractivity contribution in [3.8, 4) is 0 Å².